The van der Waals surface area contributed by atoms with E-state index in [1.165, 1.54) is 35.2 Å². The number of anilines is 1. The number of nitrogens with zero attached hydrogens (tertiary/aromatic N) is 2. The molecule has 7 nitrogen and oxygen atoms in total. The van der Waals surface area contributed by atoms with Gasteiger partial charge in [-0.2, -0.15) is 0 Å². The van der Waals surface area contributed by atoms with E-state index in [4.69, 9.17) is 23.2 Å². The van der Waals surface area contributed by atoms with E-state index in [2.05, 4.69) is 5.32 Å². The molecular formula is C28H31Cl2N3O4S. The minimum Gasteiger partial charge on any atom is -0.355 e. The van der Waals surface area contributed by atoms with Crippen molar-refractivity contribution in [3.05, 3.63) is 94.0 Å². The van der Waals surface area contributed by atoms with Gasteiger partial charge in [0.1, 0.15) is 12.6 Å². The number of sulfonamides is 1. The lowest BCUT2D eigenvalue weighted by Crippen LogP contribution is -2.52. The predicted octanol–water partition coefficient (Wildman–Crippen LogP) is 5.44. The standard InChI is InChI=1S/C28H31Cl2N3O4S/c1-4-25(28(35)31-5-2)32(18-21-11-9-10-20(3)16-21)27(34)19-33(26-15-14-22(29)17-24(26)30)38(36,37)23-12-7-6-8-13-23/h6-17,25H,4-5,18-19H2,1-3H3,(H,31,35)/t25-/m0/s1. The van der Waals surface area contributed by atoms with Crippen LogP contribution in [-0.4, -0.2) is 44.3 Å². The van der Waals surface area contributed by atoms with E-state index >= 15 is 0 Å². The van der Waals surface area contributed by atoms with Gasteiger partial charge in [-0.05, 0) is 56.2 Å². The highest BCUT2D eigenvalue weighted by Gasteiger charge is 2.34. The molecule has 0 spiro atoms. The molecule has 1 N–H and O–H groups in total. The highest BCUT2D eigenvalue weighted by Crippen LogP contribution is 2.33. The number of carbonyl (C=O) groups is 2. The zero-order chi connectivity index (χ0) is 27.9. The Kier molecular flexibility index (Phi) is 10.2. The zero-order valence-electron chi connectivity index (χ0n) is 21.5. The summed E-state index contributed by atoms with van der Waals surface area (Å²) in [6.45, 7) is 5.51. The quantitative estimate of drug-likeness (QED) is 0.330. The summed E-state index contributed by atoms with van der Waals surface area (Å²) in [7, 11) is -4.20. The van der Waals surface area contributed by atoms with E-state index in [-0.39, 0.29) is 28.1 Å². The number of nitrogens with one attached hydrogen (secondary N) is 1. The second-order valence-electron chi connectivity index (χ2n) is 8.75. The van der Waals surface area contributed by atoms with Gasteiger partial charge in [-0.25, -0.2) is 8.42 Å². The van der Waals surface area contributed by atoms with Crippen LogP contribution in [0, 0.1) is 6.92 Å². The van der Waals surface area contributed by atoms with Gasteiger partial charge in [0, 0.05) is 18.1 Å². The molecule has 0 heterocycles. The van der Waals surface area contributed by atoms with Gasteiger partial charge in [-0.1, -0.05) is 78.2 Å². The minimum atomic E-state index is -4.20. The van der Waals surface area contributed by atoms with Gasteiger partial charge in [0.15, 0.2) is 0 Å². The highest BCUT2D eigenvalue weighted by molar-refractivity contribution is 7.92. The molecule has 10 heteroatoms. The molecule has 38 heavy (non-hydrogen) atoms. The van der Waals surface area contributed by atoms with Crippen molar-refractivity contribution >= 4 is 50.7 Å². The molecular weight excluding hydrogens is 545 g/mol. The maximum absolute atomic E-state index is 14.0. The van der Waals surface area contributed by atoms with Crippen LogP contribution in [0.25, 0.3) is 0 Å². The number of halogens is 2. The fraction of sp³-hybridized carbons (Fsp3) is 0.286. The van der Waals surface area contributed by atoms with Crippen molar-refractivity contribution in [3.8, 4) is 0 Å². The average Bonchev–Trinajstić information content (AvgIpc) is 2.88. The molecule has 3 aromatic carbocycles. The lowest BCUT2D eigenvalue weighted by Gasteiger charge is -2.33. The number of rotatable bonds is 11. The molecule has 0 fully saturated rings. The average molecular weight is 577 g/mol. The molecule has 0 saturated heterocycles. The topological polar surface area (TPSA) is 86.8 Å². The molecule has 0 radical (unpaired) electrons. The molecule has 0 aromatic heterocycles. The Morgan fingerprint density at radius 2 is 1.66 bits per heavy atom. The number of benzene rings is 3. The van der Waals surface area contributed by atoms with Crippen LogP contribution in [-0.2, 0) is 26.2 Å². The van der Waals surface area contributed by atoms with Crippen molar-refractivity contribution in [2.75, 3.05) is 17.4 Å². The first-order valence-electron chi connectivity index (χ1n) is 12.2. The molecule has 202 valence electrons. The van der Waals surface area contributed by atoms with Gasteiger partial charge in [0.2, 0.25) is 11.8 Å². The first-order valence-corrected chi connectivity index (χ1v) is 14.4. The van der Waals surface area contributed by atoms with Gasteiger partial charge in [-0.15, -0.1) is 0 Å². The summed E-state index contributed by atoms with van der Waals surface area (Å²) in [5.74, 6) is -0.854. The van der Waals surface area contributed by atoms with Crippen molar-refractivity contribution in [2.24, 2.45) is 0 Å². The first-order chi connectivity index (χ1) is 18.1. The van der Waals surface area contributed by atoms with Crippen LogP contribution in [0.2, 0.25) is 10.0 Å². The maximum atomic E-state index is 14.0. The monoisotopic (exact) mass is 575 g/mol. The summed E-state index contributed by atoms with van der Waals surface area (Å²) in [5.41, 5.74) is 1.93. The number of hydrogen-bond acceptors (Lipinski definition) is 4. The number of carbonyl (C=O) groups excluding carboxylic acids is 2. The Bertz CT molecular complexity index is 1380. The van der Waals surface area contributed by atoms with Gasteiger partial charge in [0.05, 0.1) is 15.6 Å². The van der Waals surface area contributed by atoms with E-state index in [1.807, 2.05) is 38.1 Å². The van der Waals surface area contributed by atoms with E-state index in [0.29, 0.717) is 18.0 Å². The van der Waals surface area contributed by atoms with Crippen molar-refractivity contribution < 1.29 is 18.0 Å². The Labute approximate surface area is 234 Å². The van der Waals surface area contributed by atoms with Crippen molar-refractivity contribution in [1.82, 2.24) is 10.2 Å². The van der Waals surface area contributed by atoms with Crippen LogP contribution in [0.4, 0.5) is 5.69 Å². The van der Waals surface area contributed by atoms with Crippen molar-refractivity contribution in [2.45, 2.75) is 44.7 Å². The highest BCUT2D eigenvalue weighted by atomic mass is 35.5. The van der Waals surface area contributed by atoms with Crippen LogP contribution in [0.15, 0.2) is 77.7 Å². The van der Waals surface area contributed by atoms with Crippen LogP contribution in [0.3, 0.4) is 0 Å². The zero-order valence-corrected chi connectivity index (χ0v) is 23.9. The largest absolute Gasteiger partial charge is 0.355 e. The third-order valence-electron chi connectivity index (χ3n) is 5.96. The Balaban J connectivity index is 2.08. The fourth-order valence-corrected chi connectivity index (χ4v) is 6.15. The molecule has 0 aliphatic heterocycles. The van der Waals surface area contributed by atoms with Gasteiger partial charge in [0.25, 0.3) is 10.0 Å². The van der Waals surface area contributed by atoms with E-state index in [0.717, 1.165) is 15.4 Å². The molecule has 0 unspecified atom stereocenters. The Hall–Kier alpha value is -3.07. The van der Waals surface area contributed by atoms with Gasteiger partial charge < -0.3 is 10.2 Å². The third kappa shape index (κ3) is 7.07. The number of hydrogen-bond donors (Lipinski definition) is 1. The molecule has 2 amide bonds. The lowest BCUT2D eigenvalue weighted by molar-refractivity contribution is -0.140. The van der Waals surface area contributed by atoms with Gasteiger partial charge in [-0.3, -0.25) is 13.9 Å². The van der Waals surface area contributed by atoms with Crippen molar-refractivity contribution in [1.29, 1.82) is 0 Å². The van der Waals surface area contributed by atoms with Crippen molar-refractivity contribution in [3.63, 3.8) is 0 Å². The second-order valence-corrected chi connectivity index (χ2v) is 11.5. The number of amides is 2. The van der Waals surface area contributed by atoms with Crippen LogP contribution in [0.1, 0.15) is 31.4 Å². The first kappa shape index (κ1) is 29.5. The normalized spacial score (nSPS) is 12.0. The van der Waals surface area contributed by atoms with E-state index in [9.17, 15) is 18.0 Å². The summed E-state index contributed by atoms with van der Waals surface area (Å²) in [6.07, 6.45) is 0.344. The summed E-state index contributed by atoms with van der Waals surface area (Å²) in [5, 5.41) is 3.18. The second kappa shape index (κ2) is 13.1. The molecule has 0 bridgehead atoms. The van der Waals surface area contributed by atoms with E-state index in [1.54, 1.807) is 25.1 Å². The lowest BCUT2D eigenvalue weighted by atomic mass is 10.1. The molecule has 0 aliphatic rings. The molecule has 3 rings (SSSR count). The van der Waals surface area contributed by atoms with Crippen LogP contribution < -0.4 is 9.62 Å². The maximum Gasteiger partial charge on any atom is 0.264 e. The molecule has 1 atom stereocenters. The summed E-state index contributed by atoms with van der Waals surface area (Å²) in [6, 6.07) is 19.0. The number of aryl methyl sites for hydroxylation is 1. The predicted molar refractivity (Wildman–Crippen MR) is 152 cm³/mol. The third-order valence-corrected chi connectivity index (χ3v) is 8.27. The summed E-state index contributed by atoms with van der Waals surface area (Å²) < 4.78 is 28.6. The molecule has 0 saturated carbocycles. The number of likely N-dealkylation sites (N-methyl/N-ethyl adjacent to an activating group) is 1. The SMILES string of the molecule is CCNC(=O)[C@H](CC)N(Cc1cccc(C)c1)C(=O)CN(c1ccc(Cl)cc1Cl)S(=O)(=O)c1ccccc1. The van der Waals surface area contributed by atoms with Crippen LogP contribution >= 0.6 is 23.2 Å². The molecule has 3 aromatic rings. The summed E-state index contributed by atoms with van der Waals surface area (Å²) in [4.78, 5) is 28.4. The van der Waals surface area contributed by atoms with E-state index < -0.39 is 28.5 Å². The Morgan fingerprint density at radius 3 is 2.26 bits per heavy atom. The van der Waals surface area contributed by atoms with Crippen LogP contribution in [0.5, 0.6) is 0 Å². The fourth-order valence-electron chi connectivity index (χ4n) is 4.14. The Morgan fingerprint density at radius 1 is 0.947 bits per heavy atom. The minimum absolute atomic E-state index is 0.000168. The van der Waals surface area contributed by atoms with Gasteiger partial charge >= 0.3 is 0 Å². The smallest absolute Gasteiger partial charge is 0.264 e. The molecule has 0 aliphatic carbocycles. The summed E-state index contributed by atoms with van der Waals surface area (Å²) >= 11 is 12.5.